The third kappa shape index (κ3) is 3.84. The largest absolute Gasteiger partial charge is 0.364 e. The standard InChI is InChI=1S/C23H26FN9O2/c1-10-8-13-17-16(20(24)33(5)31-17)11(2)32(4)19(13)21(26-10)27-14-9-15(28-22(34)12-6-7-12)29-30-18(14)23(35)25-3/h8-9,11-12H,6-7H2,1-5H3,(H,25,35)(H2,26,27,28,29,34)/t11-/m1/s1/i3D3. The Balaban J connectivity index is 1.61. The topological polar surface area (TPSA) is 130 Å². The van der Waals surface area contributed by atoms with Gasteiger partial charge in [0.25, 0.3) is 5.91 Å². The number of hydrogen-bond acceptors (Lipinski definition) is 8. The summed E-state index contributed by atoms with van der Waals surface area (Å²) >= 11 is 0. The quantitative estimate of drug-likeness (QED) is 0.506. The van der Waals surface area contributed by atoms with E-state index < -0.39 is 24.9 Å². The summed E-state index contributed by atoms with van der Waals surface area (Å²) in [5, 5.41) is 19.9. The molecule has 4 heterocycles. The molecule has 3 aromatic rings. The van der Waals surface area contributed by atoms with Gasteiger partial charge in [-0.2, -0.15) is 9.49 Å². The summed E-state index contributed by atoms with van der Waals surface area (Å²) in [6.45, 7) is 0.840. The number of amides is 2. The normalized spacial score (nSPS) is 18.0. The molecule has 2 amide bonds. The molecule has 2 aliphatic rings. The highest BCUT2D eigenvalue weighted by atomic mass is 19.1. The minimum atomic E-state index is -2.76. The van der Waals surface area contributed by atoms with Crippen molar-refractivity contribution < 1.29 is 18.1 Å². The van der Waals surface area contributed by atoms with Crippen LogP contribution in [-0.4, -0.2) is 50.8 Å². The number of anilines is 4. The number of pyridine rings is 1. The van der Waals surface area contributed by atoms with Gasteiger partial charge in [-0.15, -0.1) is 10.2 Å². The molecule has 182 valence electrons. The van der Waals surface area contributed by atoms with Crippen LogP contribution in [0.5, 0.6) is 0 Å². The number of hydrogen-bond donors (Lipinski definition) is 3. The minimum Gasteiger partial charge on any atom is -0.364 e. The summed E-state index contributed by atoms with van der Waals surface area (Å²) in [5.41, 5.74) is 2.51. The van der Waals surface area contributed by atoms with Gasteiger partial charge in [0.05, 0.1) is 23.0 Å². The number of carbonyl (C=O) groups is 2. The van der Waals surface area contributed by atoms with Crippen LogP contribution in [-0.2, 0) is 11.8 Å². The predicted octanol–water partition coefficient (Wildman–Crippen LogP) is 2.68. The first kappa shape index (κ1) is 19.2. The maximum absolute atomic E-state index is 14.9. The average Bonchev–Trinajstić information content (AvgIpc) is 3.62. The van der Waals surface area contributed by atoms with Crippen molar-refractivity contribution in [3.05, 3.63) is 35.0 Å². The second-order valence-corrected chi connectivity index (χ2v) is 8.81. The number of fused-ring (bicyclic) bond motifs is 3. The molecular weight excluding hydrogens is 453 g/mol. The summed E-state index contributed by atoms with van der Waals surface area (Å²) in [5.74, 6) is -1.34. The van der Waals surface area contributed by atoms with E-state index in [1.54, 1.807) is 20.0 Å². The van der Waals surface area contributed by atoms with Crippen LogP contribution in [0.3, 0.4) is 0 Å². The van der Waals surface area contributed by atoms with E-state index in [1.165, 1.54) is 17.8 Å². The van der Waals surface area contributed by atoms with E-state index >= 15 is 0 Å². The molecular formula is C23H26FN9O2. The van der Waals surface area contributed by atoms with Gasteiger partial charge in [0.15, 0.2) is 17.3 Å². The number of rotatable bonds is 5. The van der Waals surface area contributed by atoms with Crippen molar-refractivity contribution in [3.63, 3.8) is 0 Å². The minimum absolute atomic E-state index is 0.0761. The van der Waals surface area contributed by atoms with Gasteiger partial charge in [-0.1, -0.05) is 0 Å². The highest BCUT2D eigenvalue weighted by Crippen LogP contribution is 2.48. The van der Waals surface area contributed by atoms with E-state index in [9.17, 15) is 14.0 Å². The van der Waals surface area contributed by atoms with Gasteiger partial charge in [-0.05, 0) is 32.8 Å². The van der Waals surface area contributed by atoms with Crippen LogP contribution in [0.25, 0.3) is 11.3 Å². The first-order chi connectivity index (χ1) is 17.8. The summed E-state index contributed by atoms with van der Waals surface area (Å²) in [6.07, 6.45) is 1.56. The lowest BCUT2D eigenvalue weighted by Crippen LogP contribution is -2.28. The second-order valence-electron chi connectivity index (χ2n) is 8.81. The van der Waals surface area contributed by atoms with Crippen molar-refractivity contribution in [3.8, 4) is 11.3 Å². The van der Waals surface area contributed by atoms with Crippen LogP contribution in [0.1, 0.15) is 51.7 Å². The smallest absolute Gasteiger partial charge is 0.273 e. The molecule has 0 aromatic carbocycles. The van der Waals surface area contributed by atoms with Gasteiger partial charge < -0.3 is 20.9 Å². The number of halogens is 1. The van der Waals surface area contributed by atoms with Gasteiger partial charge in [0.1, 0.15) is 5.69 Å². The zero-order chi connectivity index (χ0) is 27.5. The Morgan fingerprint density at radius 3 is 2.71 bits per heavy atom. The van der Waals surface area contributed by atoms with Crippen molar-refractivity contribution in [1.82, 2.24) is 30.3 Å². The fourth-order valence-electron chi connectivity index (χ4n) is 4.24. The lowest BCUT2D eigenvalue weighted by molar-refractivity contribution is -0.117. The van der Waals surface area contributed by atoms with Crippen LogP contribution < -0.4 is 20.9 Å². The van der Waals surface area contributed by atoms with Gasteiger partial charge in [0.2, 0.25) is 11.9 Å². The van der Waals surface area contributed by atoms with Gasteiger partial charge in [-0.3, -0.25) is 9.59 Å². The zero-order valence-corrected chi connectivity index (χ0v) is 19.6. The molecule has 0 saturated heterocycles. The molecule has 0 spiro atoms. The monoisotopic (exact) mass is 482 g/mol. The molecule has 1 atom stereocenters. The van der Waals surface area contributed by atoms with Gasteiger partial charge in [-0.25, -0.2) is 9.67 Å². The molecule has 3 N–H and O–H groups in total. The maximum atomic E-state index is 14.9. The molecule has 3 aromatic heterocycles. The van der Waals surface area contributed by atoms with Crippen LogP contribution in [0.15, 0.2) is 12.1 Å². The van der Waals surface area contributed by atoms with Crippen molar-refractivity contribution in [1.29, 1.82) is 0 Å². The van der Waals surface area contributed by atoms with Crippen LogP contribution in [0, 0.1) is 18.8 Å². The fourth-order valence-corrected chi connectivity index (χ4v) is 4.24. The Bertz CT molecular complexity index is 1470. The highest BCUT2D eigenvalue weighted by Gasteiger charge is 2.35. The summed E-state index contributed by atoms with van der Waals surface area (Å²) in [4.78, 5) is 31.6. The van der Waals surface area contributed by atoms with Gasteiger partial charge in [0, 0.05) is 48.4 Å². The Kier molecular flexibility index (Phi) is 4.56. The zero-order valence-electron chi connectivity index (χ0n) is 22.6. The first-order valence-corrected chi connectivity index (χ1v) is 11.1. The summed E-state index contributed by atoms with van der Waals surface area (Å²) in [7, 11) is 3.32. The molecule has 1 aliphatic heterocycles. The van der Waals surface area contributed by atoms with Crippen molar-refractivity contribution in [2.45, 2.75) is 32.7 Å². The molecule has 35 heavy (non-hydrogen) atoms. The van der Waals surface area contributed by atoms with Gasteiger partial charge >= 0.3 is 0 Å². The van der Waals surface area contributed by atoms with Crippen LogP contribution in [0.4, 0.5) is 27.4 Å². The van der Waals surface area contributed by atoms with E-state index in [-0.39, 0.29) is 29.0 Å². The Morgan fingerprint density at radius 1 is 1.23 bits per heavy atom. The number of nitrogens with one attached hydrogen (secondary N) is 3. The molecule has 0 bridgehead atoms. The third-order valence-corrected chi connectivity index (χ3v) is 6.31. The summed E-state index contributed by atoms with van der Waals surface area (Å²) in [6, 6.07) is 2.80. The Labute approximate surface area is 205 Å². The molecule has 0 unspecified atom stereocenters. The number of nitrogens with zero attached hydrogens (tertiary/aromatic N) is 6. The molecule has 1 fully saturated rings. The van der Waals surface area contributed by atoms with E-state index in [4.69, 9.17) is 4.11 Å². The van der Waals surface area contributed by atoms with E-state index in [1.807, 2.05) is 17.1 Å². The summed E-state index contributed by atoms with van der Waals surface area (Å²) < 4.78 is 38.3. The van der Waals surface area contributed by atoms with Crippen LogP contribution in [0.2, 0.25) is 0 Å². The molecule has 1 aliphatic carbocycles. The second kappa shape index (κ2) is 8.29. The highest BCUT2D eigenvalue weighted by molar-refractivity contribution is 6.00. The SMILES string of the molecule is [2H]C([2H])([2H])NC(=O)c1nnc(NC(=O)C2CC2)cc1Nc1nc(C)cc2c1N(C)[C@H](C)c1c-2nn(C)c1F. The molecule has 1 saturated carbocycles. The number of aromatic nitrogens is 5. The number of carbonyl (C=O) groups excluding carboxylic acids is 2. The predicted molar refractivity (Wildman–Crippen MR) is 128 cm³/mol. The number of aryl methyl sites for hydroxylation is 2. The van der Waals surface area contributed by atoms with Crippen molar-refractivity contribution >= 4 is 34.8 Å². The van der Waals surface area contributed by atoms with E-state index in [0.29, 0.717) is 34.0 Å². The molecule has 5 rings (SSSR count). The average molecular weight is 483 g/mol. The maximum Gasteiger partial charge on any atom is 0.273 e. The molecule has 0 radical (unpaired) electrons. The van der Waals surface area contributed by atoms with E-state index in [2.05, 4.69) is 30.9 Å². The van der Waals surface area contributed by atoms with E-state index in [0.717, 1.165) is 12.8 Å². The first-order valence-electron chi connectivity index (χ1n) is 12.6. The van der Waals surface area contributed by atoms with Crippen molar-refractivity contribution in [2.24, 2.45) is 13.0 Å². The Morgan fingerprint density at radius 2 is 2.00 bits per heavy atom. The molecule has 11 nitrogen and oxygen atoms in total. The fraction of sp³-hybridized carbons (Fsp3) is 0.391. The lowest BCUT2D eigenvalue weighted by Gasteiger charge is -2.34. The van der Waals surface area contributed by atoms with Crippen molar-refractivity contribution in [2.75, 3.05) is 29.6 Å². The molecule has 12 heteroatoms. The Hall–Kier alpha value is -4.09. The van der Waals surface area contributed by atoms with Crippen LogP contribution >= 0.6 is 0 Å². The lowest BCUT2D eigenvalue weighted by atomic mass is 9.95. The third-order valence-electron chi connectivity index (χ3n) is 6.31.